The van der Waals surface area contributed by atoms with Crippen LogP contribution >= 0.6 is 11.3 Å². The van der Waals surface area contributed by atoms with E-state index in [1.54, 1.807) is 11.3 Å². The predicted molar refractivity (Wildman–Crippen MR) is 96.1 cm³/mol. The van der Waals surface area contributed by atoms with Gasteiger partial charge in [0.2, 0.25) is 10.9 Å². The van der Waals surface area contributed by atoms with Gasteiger partial charge in [0.1, 0.15) is 5.01 Å². The first-order valence-electron chi connectivity index (χ1n) is 8.79. The van der Waals surface area contributed by atoms with Crippen molar-refractivity contribution in [2.75, 3.05) is 13.1 Å². The van der Waals surface area contributed by atoms with Crippen molar-refractivity contribution < 1.29 is 4.79 Å². The number of aromatic nitrogens is 3. The number of hydrogen-bond donors (Lipinski definition) is 1. The van der Waals surface area contributed by atoms with Gasteiger partial charge in [-0.2, -0.15) is 5.10 Å². The molecule has 0 aliphatic carbocycles. The molecule has 6 nitrogen and oxygen atoms in total. The van der Waals surface area contributed by atoms with Crippen LogP contribution in [0.3, 0.4) is 0 Å². The molecule has 0 atom stereocenters. The molecule has 7 heteroatoms. The Kier molecular flexibility index (Phi) is 5.20. The van der Waals surface area contributed by atoms with E-state index >= 15 is 0 Å². The number of imidazole rings is 1. The van der Waals surface area contributed by atoms with Gasteiger partial charge in [-0.1, -0.05) is 25.2 Å². The average molecular weight is 350 g/mol. The van der Waals surface area contributed by atoms with Crippen molar-refractivity contribution >= 4 is 22.2 Å². The molecule has 1 saturated heterocycles. The van der Waals surface area contributed by atoms with Crippen molar-refractivity contribution in [1.29, 1.82) is 0 Å². The monoisotopic (exact) mass is 349 g/mol. The van der Waals surface area contributed by atoms with Gasteiger partial charge in [-0.3, -0.25) is 9.69 Å². The van der Waals surface area contributed by atoms with Crippen molar-refractivity contribution in [3.05, 3.63) is 16.4 Å². The predicted octanol–water partition coefficient (Wildman–Crippen LogP) is 2.70. The Bertz CT molecular complexity index is 712. The highest BCUT2D eigenvalue weighted by molar-refractivity contribution is 7.16. The SMILES string of the molecule is Cc1nn2c(CN3CCC(CCC(N)=O)CC3)c(C(C)C)nc2s1. The second-order valence-corrected chi connectivity index (χ2v) is 8.30. The third kappa shape index (κ3) is 3.78. The summed E-state index contributed by atoms with van der Waals surface area (Å²) in [7, 11) is 0. The summed E-state index contributed by atoms with van der Waals surface area (Å²) < 4.78 is 2.04. The number of amides is 1. The summed E-state index contributed by atoms with van der Waals surface area (Å²) in [5.74, 6) is 0.854. The van der Waals surface area contributed by atoms with Gasteiger partial charge in [-0.05, 0) is 51.1 Å². The average Bonchev–Trinajstić information content (AvgIpc) is 3.04. The standard InChI is InChI=1S/C17H27N5OS/c1-11(2)16-14(22-17(19-16)24-12(3)20-22)10-21-8-6-13(7-9-21)4-5-15(18)23/h11,13H,4-10H2,1-3H3,(H2,18,23). The second kappa shape index (κ2) is 7.19. The highest BCUT2D eigenvalue weighted by Gasteiger charge is 2.24. The Labute approximate surface area is 147 Å². The topological polar surface area (TPSA) is 76.5 Å². The van der Waals surface area contributed by atoms with Crippen molar-refractivity contribution in [2.45, 2.75) is 58.9 Å². The van der Waals surface area contributed by atoms with Crippen LogP contribution in [-0.2, 0) is 11.3 Å². The van der Waals surface area contributed by atoms with Crippen molar-refractivity contribution in [3.8, 4) is 0 Å². The molecule has 0 radical (unpaired) electrons. The molecule has 0 aromatic carbocycles. The summed E-state index contributed by atoms with van der Waals surface area (Å²) in [5, 5.41) is 5.69. The highest BCUT2D eigenvalue weighted by Crippen LogP contribution is 2.27. The number of nitrogens with two attached hydrogens (primary N) is 1. The minimum atomic E-state index is -0.181. The molecule has 2 aromatic rings. The van der Waals surface area contributed by atoms with Crippen LogP contribution in [0.5, 0.6) is 0 Å². The van der Waals surface area contributed by atoms with Gasteiger partial charge in [-0.25, -0.2) is 9.50 Å². The largest absolute Gasteiger partial charge is 0.370 e. The van der Waals surface area contributed by atoms with Crippen LogP contribution in [0.15, 0.2) is 0 Å². The molecule has 1 amide bonds. The van der Waals surface area contributed by atoms with Gasteiger partial charge in [-0.15, -0.1) is 0 Å². The van der Waals surface area contributed by atoms with Crippen LogP contribution in [0.1, 0.15) is 61.8 Å². The summed E-state index contributed by atoms with van der Waals surface area (Å²) in [5.41, 5.74) is 7.67. The van der Waals surface area contributed by atoms with Crippen molar-refractivity contribution in [2.24, 2.45) is 11.7 Å². The number of carbonyl (C=O) groups is 1. The molecule has 3 rings (SSSR count). The zero-order chi connectivity index (χ0) is 17.3. The van der Waals surface area contributed by atoms with E-state index in [2.05, 4.69) is 23.8 Å². The van der Waals surface area contributed by atoms with Crippen LogP contribution in [0.4, 0.5) is 0 Å². The maximum atomic E-state index is 10.9. The summed E-state index contributed by atoms with van der Waals surface area (Å²) in [6.45, 7) is 9.45. The molecule has 0 saturated carbocycles. The molecule has 2 aromatic heterocycles. The van der Waals surface area contributed by atoms with Gasteiger partial charge < -0.3 is 5.73 Å². The zero-order valence-corrected chi connectivity index (χ0v) is 15.6. The normalized spacial score (nSPS) is 17.2. The fraction of sp³-hybridized carbons (Fsp3) is 0.706. The first kappa shape index (κ1) is 17.4. The van der Waals surface area contributed by atoms with E-state index in [-0.39, 0.29) is 5.91 Å². The van der Waals surface area contributed by atoms with Crippen molar-refractivity contribution in [1.82, 2.24) is 19.5 Å². The smallest absolute Gasteiger partial charge is 0.217 e. The molecule has 0 unspecified atom stereocenters. The van der Waals surface area contributed by atoms with Crippen molar-refractivity contribution in [3.63, 3.8) is 0 Å². The first-order valence-corrected chi connectivity index (χ1v) is 9.61. The summed E-state index contributed by atoms with van der Waals surface area (Å²) >= 11 is 1.65. The number of fused-ring (bicyclic) bond motifs is 1. The van der Waals surface area contributed by atoms with Gasteiger partial charge in [0, 0.05) is 13.0 Å². The minimum Gasteiger partial charge on any atom is -0.370 e. The highest BCUT2D eigenvalue weighted by atomic mass is 32.1. The van der Waals surface area contributed by atoms with E-state index in [0.717, 1.165) is 48.9 Å². The lowest BCUT2D eigenvalue weighted by Gasteiger charge is -2.31. The van der Waals surface area contributed by atoms with Gasteiger partial charge in [0.05, 0.1) is 11.4 Å². The third-order valence-corrected chi connectivity index (χ3v) is 5.68. The van der Waals surface area contributed by atoms with Crippen LogP contribution in [0, 0.1) is 12.8 Å². The molecule has 1 fully saturated rings. The fourth-order valence-corrected chi connectivity index (χ4v) is 4.27. The molecular weight excluding hydrogens is 322 g/mol. The Hall–Kier alpha value is -1.47. The second-order valence-electron chi connectivity index (χ2n) is 7.14. The molecule has 0 bridgehead atoms. The van der Waals surface area contributed by atoms with E-state index in [9.17, 15) is 4.79 Å². The maximum absolute atomic E-state index is 10.9. The van der Waals surface area contributed by atoms with Crippen LogP contribution in [0.2, 0.25) is 0 Å². The van der Waals surface area contributed by atoms with Crippen LogP contribution in [0.25, 0.3) is 4.96 Å². The fourth-order valence-electron chi connectivity index (χ4n) is 3.50. The Morgan fingerprint density at radius 3 is 2.71 bits per heavy atom. The van der Waals surface area contributed by atoms with E-state index in [1.165, 1.54) is 11.4 Å². The van der Waals surface area contributed by atoms with E-state index in [4.69, 9.17) is 10.7 Å². The number of aryl methyl sites for hydroxylation is 1. The number of likely N-dealkylation sites (tertiary alicyclic amines) is 1. The number of hydrogen-bond acceptors (Lipinski definition) is 5. The van der Waals surface area contributed by atoms with E-state index in [1.807, 2.05) is 11.4 Å². The van der Waals surface area contributed by atoms with E-state index in [0.29, 0.717) is 18.3 Å². The molecule has 2 N–H and O–H groups in total. The quantitative estimate of drug-likeness (QED) is 0.870. The maximum Gasteiger partial charge on any atom is 0.217 e. The number of rotatable bonds is 6. The summed E-state index contributed by atoms with van der Waals surface area (Å²) in [4.78, 5) is 19.2. The van der Waals surface area contributed by atoms with Gasteiger partial charge in [0.25, 0.3) is 0 Å². The molecular formula is C17H27N5OS. The number of nitrogens with zero attached hydrogens (tertiary/aromatic N) is 4. The molecule has 1 aliphatic rings. The number of primary amides is 1. The zero-order valence-electron chi connectivity index (χ0n) is 14.8. The lowest BCUT2D eigenvalue weighted by atomic mass is 9.92. The lowest BCUT2D eigenvalue weighted by Crippen LogP contribution is -2.34. The minimum absolute atomic E-state index is 0.181. The number of piperidine rings is 1. The molecule has 0 spiro atoms. The van der Waals surface area contributed by atoms with E-state index < -0.39 is 0 Å². The molecule has 132 valence electrons. The van der Waals surface area contributed by atoms with Gasteiger partial charge >= 0.3 is 0 Å². The Balaban J connectivity index is 1.67. The lowest BCUT2D eigenvalue weighted by molar-refractivity contribution is -0.118. The molecule has 1 aliphatic heterocycles. The summed E-state index contributed by atoms with van der Waals surface area (Å²) in [6, 6.07) is 0. The van der Waals surface area contributed by atoms with Crippen LogP contribution in [-0.4, -0.2) is 38.5 Å². The van der Waals surface area contributed by atoms with Gasteiger partial charge in [0.15, 0.2) is 0 Å². The third-order valence-electron chi connectivity index (χ3n) is 4.85. The molecule has 24 heavy (non-hydrogen) atoms. The Morgan fingerprint density at radius 2 is 2.08 bits per heavy atom. The summed E-state index contributed by atoms with van der Waals surface area (Å²) in [6.07, 6.45) is 3.73. The first-order chi connectivity index (χ1) is 11.4. The number of carbonyl (C=O) groups excluding carboxylic acids is 1. The molecule has 3 heterocycles. The van der Waals surface area contributed by atoms with Crippen LogP contribution < -0.4 is 5.73 Å². The Morgan fingerprint density at radius 1 is 1.38 bits per heavy atom.